The number of amides is 1. The number of nitrogens with one attached hydrogen (secondary N) is 2. The number of rotatable bonds is 6. The van der Waals surface area contributed by atoms with Crippen molar-refractivity contribution in [2.75, 3.05) is 24.7 Å². The lowest BCUT2D eigenvalue weighted by Crippen LogP contribution is -2.41. The van der Waals surface area contributed by atoms with E-state index in [9.17, 15) is 18.0 Å². The number of alkyl halides is 3. The highest BCUT2D eigenvalue weighted by Gasteiger charge is 2.29. The lowest BCUT2D eigenvalue weighted by molar-refractivity contribution is -0.154. The van der Waals surface area contributed by atoms with Crippen molar-refractivity contribution in [2.24, 2.45) is 0 Å². The highest BCUT2D eigenvalue weighted by molar-refractivity contribution is 7.99. The van der Waals surface area contributed by atoms with Gasteiger partial charge in [0.05, 0.1) is 0 Å². The molecule has 25 heavy (non-hydrogen) atoms. The summed E-state index contributed by atoms with van der Waals surface area (Å²) in [6, 6.07) is 3.29. The van der Waals surface area contributed by atoms with Gasteiger partial charge in [-0.2, -0.15) is 24.9 Å². The number of ether oxygens (including phenoxy) is 1. The van der Waals surface area contributed by atoms with Gasteiger partial charge in [-0.15, -0.1) is 24.8 Å². The van der Waals surface area contributed by atoms with Gasteiger partial charge in [0.15, 0.2) is 6.61 Å². The fourth-order valence-corrected chi connectivity index (χ4v) is 3.03. The second-order valence-corrected chi connectivity index (χ2v) is 6.23. The molecule has 2 rings (SSSR count). The van der Waals surface area contributed by atoms with Gasteiger partial charge in [0.25, 0.3) is 0 Å². The first-order valence-electron chi connectivity index (χ1n) is 7.15. The fourth-order valence-electron chi connectivity index (χ4n) is 2.08. The van der Waals surface area contributed by atoms with E-state index in [2.05, 4.69) is 20.4 Å². The van der Waals surface area contributed by atoms with Crippen LogP contribution in [0.3, 0.4) is 0 Å². The minimum absolute atomic E-state index is 0. The lowest BCUT2D eigenvalue weighted by atomic mass is 10.2. The Morgan fingerprint density at radius 3 is 2.84 bits per heavy atom. The molecule has 1 amide bonds. The monoisotopic (exact) mass is 421 g/mol. The van der Waals surface area contributed by atoms with E-state index in [4.69, 9.17) is 0 Å². The fraction of sp³-hybridized carbons (Fsp3) is 0.571. The third-order valence-corrected chi connectivity index (χ3v) is 4.26. The molecule has 0 spiro atoms. The lowest BCUT2D eigenvalue weighted by Gasteiger charge is -2.22. The molecule has 144 valence electrons. The second-order valence-electron chi connectivity index (χ2n) is 5.08. The summed E-state index contributed by atoms with van der Waals surface area (Å²) in [7, 11) is 0. The predicted octanol–water partition coefficient (Wildman–Crippen LogP) is 2.58. The maximum atomic E-state index is 12.2. The van der Waals surface area contributed by atoms with E-state index in [-0.39, 0.29) is 49.2 Å². The van der Waals surface area contributed by atoms with Crippen molar-refractivity contribution in [1.82, 2.24) is 15.6 Å². The number of carbonyl (C=O) groups is 1. The van der Waals surface area contributed by atoms with Crippen LogP contribution >= 0.6 is 36.6 Å². The molecule has 1 atom stereocenters. The Morgan fingerprint density at radius 1 is 1.44 bits per heavy atom. The third-order valence-electron chi connectivity index (χ3n) is 3.13. The zero-order valence-electron chi connectivity index (χ0n) is 13.2. The number of halogens is 5. The van der Waals surface area contributed by atoms with Gasteiger partial charge in [-0.05, 0) is 6.07 Å². The van der Waals surface area contributed by atoms with Gasteiger partial charge in [0, 0.05) is 48.8 Å². The van der Waals surface area contributed by atoms with Gasteiger partial charge >= 0.3 is 6.18 Å². The molecule has 1 fully saturated rings. The standard InChI is InChI=1S/C14H18F3N3O2S.2ClH/c15-14(16,17)9-22-13-10(2-1-3-19-13)7-20-12(21)6-11-8-23-5-4-18-11;;/h1-3,11,18H,4-9H2,(H,20,21);2*1H. The van der Waals surface area contributed by atoms with Gasteiger partial charge in [-0.3, -0.25) is 4.79 Å². The molecule has 1 aliphatic rings. The molecule has 2 heterocycles. The molecule has 11 heteroatoms. The van der Waals surface area contributed by atoms with Crippen molar-refractivity contribution >= 4 is 42.5 Å². The highest BCUT2D eigenvalue weighted by atomic mass is 35.5. The Labute approximate surface area is 160 Å². The molecule has 1 aromatic rings. The third kappa shape index (κ3) is 9.39. The van der Waals surface area contributed by atoms with Crippen LogP contribution in [0.5, 0.6) is 5.88 Å². The van der Waals surface area contributed by atoms with Crippen LogP contribution in [0.4, 0.5) is 13.2 Å². The number of pyridine rings is 1. The number of hydrogen-bond donors (Lipinski definition) is 2. The van der Waals surface area contributed by atoms with Gasteiger partial charge < -0.3 is 15.4 Å². The summed E-state index contributed by atoms with van der Waals surface area (Å²) in [6.07, 6.45) is -2.74. The van der Waals surface area contributed by atoms with Crippen molar-refractivity contribution in [3.8, 4) is 5.88 Å². The van der Waals surface area contributed by atoms with E-state index in [1.807, 2.05) is 0 Å². The van der Waals surface area contributed by atoms with Gasteiger partial charge in [-0.25, -0.2) is 4.98 Å². The zero-order chi connectivity index (χ0) is 16.7. The maximum absolute atomic E-state index is 12.2. The first-order valence-corrected chi connectivity index (χ1v) is 8.31. The summed E-state index contributed by atoms with van der Waals surface area (Å²) in [5, 5.41) is 5.95. The normalized spacial score (nSPS) is 17.0. The van der Waals surface area contributed by atoms with Crippen molar-refractivity contribution < 1.29 is 22.7 Å². The second kappa shape index (κ2) is 11.7. The summed E-state index contributed by atoms with van der Waals surface area (Å²) in [5.41, 5.74) is 0.413. The van der Waals surface area contributed by atoms with Gasteiger partial charge in [0.2, 0.25) is 11.8 Å². The average Bonchev–Trinajstić information content (AvgIpc) is 2.52. The maximum Gasteiger partial charge on any atom is 0.422 e. The van der Waals surface area contributed by atoms with E-state index in [1.165, 1.54) is 6.20 Å². The van der Waals surface area contributed by atoms with Crippen LogP contribution in [0, 0.1) is 0 Å². The van der Waals surface area contributed by atoms with Crippen molar-refractivity contribution in [3.63, 3.8) is 0 Å². The van der Waals surface area contributed by atoms with Crippen LogP contribution in [0.2, 0.25) is 0 Å². The molecule has 1 aromatic heterocycles. The summed E-state index contributed by atoms with van der Waals surface area (Å²) in [4.78, 5) is 15.7. The minimum atomic E-state index is -4.43. The summed E-state index contributed by atoms with van der Waals surface area (Å²) >= 11 is 1.79. The van der Waals surface area contributed by atoms with E-state index in [0.717, 1.165) is 18.1 Å². The van der Waals surface area contributed by atoms with Gasteiger partial charge in [-0.1, -0.05) is 6.07 Å². The van der Waals surface area contributed by atoms with Crippen molar-refractivity contribution in [3.05, 3.63) is 23.9 Å². The smallest absolute Gasteiger partial charge is 0.422 e. The molecule has 2 N–H and O–H groups in total. The average molecular weight is 422 g/mol. The molecular weight excluding hydrogens is 402 g/mol. The summed E-state index contributed by atoms with van der Waals surface area (Å²) < 4.78 is 41.3. The van der Waals surface area contributed by atoms with Crippen LogP contribution in [0.1, 0.15) is 12.0 Å². The van der Waals surface area contributed by atoms with E-state index in [0.29, 0.717) is 12.0 Å². The molecule has 0 saturated carbocycles. The van der Waals surface area contributed by atoms with Crippen LogP contribution in [0.15, 0.2) is 18.3 Å². The largest absolute Gasteiger partial charge is 0.468 e. The van der Waals surface area contributed by atoms with Gasteiger partial charge in [0.1, 0.15) is 0 Å². The highest BCUT2D eigenvalue weighted by Crippen LogP contribution is 2.20. The molecular formula is C14H20Cl2F3N3O2S. The number of nitrogens with zero attached hydrogens (tertiary/aromatic N) is 1. The molecule has 0 aliphatic carbocycles. The van der Waals surface area contributed by atoms with Crippen LogP contribution in [-0.2, 0) is 11.3 Å². The molecule has 0 bridgehead atoms. The number of carbonyl (C=O) groups excluding carboxylic acids is 1. The number of aromatic nitrogens is 1. The Hall–Kier alpha value is -0.900. The van der Waals surface area contributed by atoms with Crippen LogP contribution in [0.25, 0.3) is 0 Å². The van der Waals surface area contributed by atoms with Crippen LogP contribution in [-0.4, -0.2) is 47.8 Å². The Bertz CT molecular complexity index is 532. The Kier molecular flexibility index (Phi) is 11.2. The number of thioether (sulfide) groups is 1. The van der Waals surface area contributed by atoms with E-state index >= 15 is 0 Å². The Balaban J connectivity index is 0.00000288. The van der Waals surface area contributed by atoms with E-state index < -0.39 is 12.8 Å². The predicted molar refractivity (Wildman–Crippen MR) is 95.9 cm³/mol. The zero-order valence-corrected chi connectivity index (χ0v) is 15.6. The molecule has 1 aliphatic heterocycles. The molecule has 0 radical (unpaired) electrons. The Morgan fingerprint density at radius 2 is 2.20 bits per heavy atom. The first-order chi connectivity index (χ1) is 10.9. The summed E-state index contributed by atoms with van der Waals surface area (Å²) in [5.74, 6) is 1.64. The van der Waals surface area contributed by atoms with Crippen molar-refractivity contribution in [2.45, 2.75) is 25.2 Å². The van der Waals surface area contributed by atoms with Crippen molar-refractivity contribution in [1.29, 1.82) is 0 Å². The molecule has 1 saturated heterocycles. The van der Waals surface area contributed by atoms with Crippen LogP contribution < -0.4 is 15.4 Å². The molecule has 5 nitrogen and oxygen atoms in total. The van der Waals surface area contributed by atoms with E-state index in [1.54, 1.807) is 23.9 Å². The summed E-state index contributed by atoms with van der Waals surface area (Å²) in [6.45, 7) is -0.450. The quantitative estimate of drug-likeness (QED) is 0.738. The SMILES string of the molecule is Cl.Cl.O=C(CC1CSCCN1)NCc1cccnc1OCC(F)(F)F. The minimum Gasteiger partial charge on any atom is -0.468 e. The topological polar surface area (TPSA) is 63.2 Å². The number of hydrogen-bond acceptors (Lipinski definition) is 5. The molecule has 1 unspecified atom stereocenters. The first kappa shape index (κ1) is 24.1. The molecule has 0 aromatic carbocycles.